The van der Waals surface area contributed by atoms with Crippen LogP contribution < -0.4 is 4.90 Å². The Balaban J connectivity index is 0.000000334. The van der Waals surface area contributed by atoms with E-state index in [9.17, 15) is 0 Å². The van der Waals surface area contributed by atoms with Crippen LogP contribution in [0.3, 0.4) is 0 Å². The van der Waals surface area contributed by atoms with Crippen LogP contribution in [-0.2, 0) is 11.8 Å². The Labute approximate surface area is 184 Å². The van der Waals surface area contributed by atoms with Gasteiger partial charge in [0.2, 0.25) is 5.95 Å². The van der Waals surface area contributed by atoms with Gasteiger partial charge in [-0.05, 0) is 38.7 Å². The van der Waals surface area contributed by atoms with Gasteiger partial charge in [0.15, 0.2) is 5.65 Å². The highest BCUT2D eigenvalue weighted by atomic mass is 16.5. The van der Waals surface area contributed by atoms with Crippen LogP contribution in [0.5, 0.6) is 0 Å². The van der Waals surface area contributed by atoms with Crippen LogP contribution >= 0.6 is 0 Å². The summed E-state index contributed by atoms with van der Waals surface area (Å²) in [6.45, 7) is 9.51. The highest BCUT2D eigenvalue weighted by molar-refractivity contribution is 5.75. The van der Waals surface area contributed by atoms with E-state index in [1.54, 1.807) is 10.9 Å². The lowest BCUT2D eigenvalue weighted by Crippen LogP contribution is -2.37. The second-order valence-corrected chi connectivity index (χ2v) is 8.71. The predicted molar refractivity (Wildman–Crippen MR) is 121 cm³/mol. The van der Waals surface area contributed by atoms with Crippen LogP contribution in [0.25, 0.3) is 11.2 Å². The summed E-state index contributed by atoms with van der Waals surface area (Å²) in [6, 6.07) is 1.89. The molecule has 0 unspecified atom stereocenters. The average Bonchev–Trinajstić information content (AvgIpc) is 3.26. The van der Waals surface area contributed by atoms with Crippen LogP contribution in [0.2, 0.25) is 0 Å². The van der Waals surface area contributed by atoms with E-state index in [2.05, 4.69) is 16.9 Å². The first-order valence-electron chi connectivity index (χ1n) is 11.3. The summed E-state index contributed by atoms with van der Waals surface area (Å²) in [5.74, 6) is 2.08. The summed E-state index contributed by atoms with van der Waals surface area (Å²) in [6.07, 6.45) is 8.54. The second-order valence-electron chi connectivity index (χ2n) is 8.71. The van der Waals surface area contributed by atoms with Crippen molar-refractivity contribution in [3.63, 3.8) is 0 Å². The molecule has 8 nitrogen and oxygen atoms in total. The van der Waals surface area contributed by atoms with E-state index in [4.69, 9.17) is 24.7 Å². The third-order valence-corrected chi connectivity index (χ3v) is 6.29. The molecule has 0 bridgehead atoms. The lowest BCUT2D eigenvalue weighted by Gasteiger charge is -2.29. The molecule has 1 aliphatic heterocycles. The zero-order valence-electron chi connectivity index (χ0n) is 19.1. The Hall–Kier alpha value is -2.61. The molecule has 0 N–H and O–H groups in total. The predicted octanol–water partition coefficient (Wildman–Crippen LogP) is 3.59. The molecule has 4 heterocycles. The SMILES string of the molecule is Cc1nc2nc(N3CCOCC3)nc(C3CCC(C)CC3)c2nc1C.Cn1cccn1. The number of nitrogens with zero attached hydrogens (tertiary/aromatic N) is 7. The second kappa shape index (κ2) is 9.68. The Morgan fingerprint density at radius 3 is 2.26 bits per heavy atom. The van der Waals surface area contributed by atoms with Gasteiger partial charge in [-0.25, -0.2) is 15.0 Å². The van der Waals surface area contributed by atoms with Gasteiger partial charge in [0.25, 0.3) is 0 Å². The molecule has 1 aliphatic carbocycles. The summed E-state index contributed by atoms with van der Waals surface area (Å²) in [5.41, 5.74) is 4.67. The fourth-order valence-corrected chi connectivity index (χ4v) is 4.19. The van der Waals surface area contributed by atoms with Crippen molar-refractivity contribution in [3.05, 3.63) is 35.5 Å². The first kappa shape index (κ1) is 21.6. The van der Waals surface area contributed by atoms with Crippen molar-refractivity contribution < 1.29 is 4.74 Å². The van der Waals surface area contributed by atoms with Crippen molar-refractivity contribution in [2.45, 2.75) is 52.4 Å². The minimum Gasteiger partial charge on any atom is -0.378 e. The normalized spacial score (nSPS) is 21.6. The molecule has 3 aromatic heterocycles. The van der Waals surface area contributed by atoms with Crippen molar-refractivity contribution >= 4 is 17.1 Å². The number of ether oxygens (including phenoxy) is 1. The van der Waals surface area contributed by atoms with Gasteiger partial charge in [-0.15, -0.1) is 0 Å². The lowest BCUT2D eigenvalue weighted by atomic mass is 9.81. The molecule has 31 heavy (non-hydrogen) atoms. The summed E-state index contributed by atoms with van der Waals surface area (Å²) >= 11 is 0. The number of aromatic nitrogens is 6. The number of morpholine rings is 1. The van der Waals surface area contributed by atoms with E-state index in [0.717, 1.165) is 66.4 Å². The zero-order valence-corrected chi connectivity index (χ0v) is 19.1. The Morgan fingerprint density at radius 2 is 1.65 bits per heavy atom. The van der Waals surface area contributed by atoms with Gasteiger partial charge >= 0.3 is 0 Å². The largest absolute Gasteiger partial charge is 0.378 e. The molecule has 0 radical (unpaired) electrons. The van der Waals surface area contributed by atoms with Crippen LogP contribution in [-0.4, -0.2) is 56.0 Å². The van der Waals surface area contributed by atoms with E-state index in [1.165, 1.54) is 25.7 Å². The van der Waals surface area contributed by atoms with Crippen molar-refractivity contribution in [2.24, 2.45) is 13.0 Å². The lowest BCUT2D eigenvalue weighted by molar-refractivity contribution is 0.122. The van der Waals surface area contributed by atoms with Gasteiger partial charge in [-0.2, -0.15) is 10.1 Å². The molecule has 2 fully saturated rings. The highest BCUT2D eigenvalue weighted by Crippen LogP contribution is 2.37. The van der Waals surface area contributed by atoms with Crippen LogP contribution in [0.4, 0.5) is 5.95 Å². The molecule has 1 saturated heterocycles. The van der Waals surface area contributed by atoms with Gasteiger partial charge in [-0.1, -0.05) is 19.8 Å². The molecule has 1 saturated carbocycles. The topological polar surface area (TPSA) is 81.9 Å². The number of rotatable bonds is 2. The average molecular weight is 424 g/mol. The third-order valence-electron chi connectivity index (χ3n) is 6.29. The van der Waals surface area contributed by atoms with E-state index in [-0.39, 0.29) is 0 Å². The molecule has 5 rings (SSSR count). The molecular formula is C23H33N7O. The molecule has 8 heteroatoms. The standard InChI is InChI=1S/C19H27N5O.C4H6N2/c1-12-4-6-15(7-5-12)16-17-18(21-14(3)13(2)20-17)23-19(22-16)24-8-10-25-11-9-24;1-6-4-2-3-5-6/h12,15H,4-11H2,1-3H3;2-4H,1H3. The first-order chi connectivity index (χ1) is 15.0. The van der Waals surface area contributed by atoms with Crippen LogP contribution in [0.1, 0.15) is 55.6 Å². The third kappa shape index (κ3) is 5.18. The highest BCUT2D eigenvalue weighted by Gasteiger charge is 2.26. The first-order valence-corrected chi connectivity index (χ1v) is 11.3. The van der Waals surface area contributed by atoms with Crippen LogP contribution in [0, 0.1) is 19.8 Å². The van der Waals surface area contributed by atoms with Gasteiger partial charge in [-0.3, -0.25) is 4.68 Å². The molecule has 0 spiro atoms. The number of aryl methyl sites for hydroxylation is 3. The van der Waals surface area contributed by atoms with Crippen molar-refractivity contribution in [2.75, 3.05) is 31.2 Å². The fraction of sp³-hybridized carbons (Fsp3) is 0.609. The van der Waals surface area contributed by atoms with Crippen molar-refractivity contribution in [3.8, 4) is 0 Å². The summed E-state index contributed by atoms with van der Waals surface area (Å²) < 4.78 is 7.23. The molecule has 0 amide bonds. The van der Waals surface area contributed by atoms with Gasteiger partial charge < -0.3 is 9.64 Å². The van der Waals surface area contributed by atoms with E-state index >= 15 is 0 Å². The molecule has 0 atom stereocenters. The zero-order chi connectivity index (χ0) is 21.8. The molecule has 2 aliphatic rings. The summed E-state index contributed by atoms with van der Waals surface area (Å²) in [4.78, 5) is 21.5. The Morgan fingerprint density at radius 1 is 0.935 bits per heavy atom. The number of hydrogen-bond donors (Lipinski definition) is 0. The Kier molecular flexibility index (Phi) is 6.75. The molecular weight excluding hydrogens is 390 g/mol. The van der Waals surface area contributed by atoms with Gasteiger partial charge in [0, 0.05) is 38.4 Å². The van der Waals surface area contributed by atoms with Gasteiger partial charge in [0.05, 0.1) is 30.3 Å². The minimum atomic E-state index is 0.470. The van der Waals surface area contributed by atoms with E-state index in [0.29, 0.717) is 5.92 Å². The number of fused-ring (bicyclic) bond motifs is 1. The maximum atomic E-state index is 5.48. The summed E-state index contributed by atoms with van der Waals surface area (Å²) in [7, 11) is 1.89. The molecule has 166 valence electrons. The fourth-order valence-electron chi connectivity index (χ4n) is 4.19. The van der Waals surface area contributed by atoms with Crippen molar-refractivity contribution in [1.82, 2.24) is 29.7 Å². The maximum Gasteiger partial charge on any atom is 0.227 e. The quantitative estimate of drug-likeness (QED) is 0.623. The monoisotopic (exact) mass is 423 g/mol. The van der Waals surface area contributed by atoms with Gasteiger partial charge in [0.1, 0.15) is 5.52 Å². The number of anilines is 1. The molecule has 0 aromatic carbocycles. The smallest absolute Gasteiger partial charge is 0.227 e. The van der Waals surface area contributed by atoms with E-state index in [1.807, 2.05) is 33.2 Å². The summed E-state index contributed by atoms with van der Waals surface area (Å²) in [5, 5.41) is 3.83. The molecule has 3 aromatic rings. The minimum absolute atomic E-state index is 0.470. The maximum absolute atomic E-state index is 5.48. The van der Waals surface area contributed by atoms with E-state index < -0.39 is 0 Å². The number of hydrogen-bond acceptors (Lipinski definition) is 7. The Bertz CT molecular complexity index is 991. The van der Waals surface area contributed by atoms with Crippen LogP contribution in [0.15, 0.2) is 18.5 Å². The van der Waals surface area contributed by atoms with Crippen molar-refractivity contribution in [1.29, 1.82) is 0 Å².